The van der Waals surface area contributed by atoms with Gasteiger partial charge in [-0.05, 0) is 35.7 Å². The number of aromatic nitrogens is 2. The number of aryl methyl sites for hydroxylation is 1. The van der Waals surface area contributed by atoms with Crippen LogP contribution in [0.3, 0.4) is 0 Å². The molecule has 2 aromatic heterocycles. The Morgan fingerprint density at radius 3 is 2.68 bits per heavy atom. The quantitative estimate of drug-likeness (QED) is 0.681. The van der Waals surface area contributed by atoms with Gasteiger partial charge in [0.05, 0.1) is 12.7 Å². The molecule has 7 nitrogen and oxygen atoms in total. The van der Waals surface area contributed by atoms with Gasteiger partial charge in [-0.2, -0.15) is 11.3 Å². The van der Waals surface area contributed by atoms with Crippen LogP contribution in [0.15, 0.2) is 45.5 Å². The van der Waals surface area contributed by atoms with Gasteiger partial charge in [-0.15, -0.1) is 10.2 Å². The van der Waals surface area contributed by atoms with Gasteiger partial charge >= 0.3 is 5.97 Å². The Kier molecular flexibility index (Phi) is 5.20. The van der Waals surface area contributed by atoms with Crippen molar-refractivity contribution in [2.24, 2.45) is 0 Å². The second-order valence-electron chi connectivity index (χ2n) is 5.13. The molecule has 0 unspecified atom stereocenters. The first-order valence-electron chi connectivity index (χ1n) is 7.49. The third-order valence-corrected chi connectivity index (χ3v) is 4.07. The molecule has 1 amide bonds. The number of rotatable bonds is 6. The first kappa shape index (κ1) is 16.8. The highest BCUT2D eigenvalue weighted by molar-refractivity contribution is 7.08. The zero-order valence-corrected chi connectivity index (χ0v) is 14.2. The Balaban J connectivity index is 1.52. The van der Waals surface area contributed by atoms with Crippen LogP contribution < -0.4 is 5.32 Å². The second kappa shape index (κ2) is 7.71. The smallest absolute Gasteiger partial charge is 0.337 e. The first-order chi connectivity index (χ1) is 12.2. The SMILES string of the molecule is COC(=O)c1ccc(NC(=O)CCc2nnc(-c3ccsc3)o2)cc1. The molecule has 0 radical (unpaired) electrons. The third kappa shape index (κ3) is 4.30. The molecule has 0 atom stereocenters. The van der Waals surface area contributed by atoms with E-state index in [0.29, 0.717) is 29.5 Å². The second-order valence-corrected chi connectivity index (χ2v) is 5.91. The van der Waals surface area contributed by atoms with Crippen molar-refractivity contribution < 1.29 is 18.7 Å². The Morgan fingerprint density at radius 1 is 1.20 bits per heavy atom. The number of hydrogen-bond donors (Lipinski definition) is 1. The van der Waals surface area contributed by atoms with Gasteiger partial charge in [-0.3, -0.25) is 4.79 Å². The minimum Gasteiger partial charge on any atom is -0.465 e. The number of carbonyl (C=O) groups excluding carboxylic acids is 2. The van der Waals surface area contributed by atoms with Crippen LogP contribution in [0.2, 0.25) is 0 Å². The molecule has 25 heavy (non-hydrogen) atoms. The van der Waals surface area contributed by atoms with Crippen molar-refractivity contribution in [2.45, 2.75) is 12.8 Å². The lowest BCUT2D eigenvalue weighted by molar-refractivity contribution is -0.116. The number of hydrogen-bond acceptors (Lipinski definition) is 7. The number of methoxy groups -OCH3 is 1. The Morgan fingerprint density at radius 2 is 2.00 bits per heavy atom. The standard InChI is InChI=1S/C17H15N3O4S/c1-23-17(22)11-2-4-13(5-3-11)18-14(21)6-7-15-19-20-16(24-15)12-8-9-25-10-12/h2-5,8-10H,6-7H2,1H3,(H,18,21). The lowest BCUT2D eigenvalue weighted by atomic mass is 10.2. The van der Waals surface area contributed by atoms with E-state index < -0.39 is 5.97 Å². The lowest BCUT2D eigenvalue weighted by Crippen LogP contribution is -2.12. The molecule has 0 fully saturated rings. The van der Waals surface area contributed by atoms with Gasteiger partial charge in [0, 0.05) is 29.5 Å². The van der Waals surface area contributed by atoms with Gasteiger partial charge in [0.2, 0.25) is 17.7 Å². The zero-order valence-electron chi connectivity index (χ0n) is 13.4. The zero-order chi connectivity index (χ0) is 17.6. The molecule has 0 saturated heterocycles. The molecule has 0 saturated carbocycles. The summed E-state index contributed by atoms with van der Waals surface area (Å²) in [5.74, 6) is 0.268. The van der Waals surface area contributed by atoms with Crippen molar-refractivity contribution in [3.63, 3.8) is 0 Å². The van der Waals surface area contributed by atoms with Crippen LogP contribution >= 0.6 is 11.3 Å². The van der Waals surface area contributed by atoms with Crippen molar-refractivity contribution >= 4 is 28.9 Å². The fourth-order valence-corrected chi connectivity index (χ4v) is 2.74. The summed E-state index contributed by atoms with van der Waals surface area (Å²) in [7, 11) is 1.32. The maximum absolute atomic E-state index is 12.0. The van der Waals surface area contributed by atoms with E-state index in [2.05, 4.69) is 20.3 Å². The number of ether oxygens (including phenoxy) is 1. The molecule has 0 bridgehead atoms. The number of amides is 1. The summed E-state index contributed by atoms with van der Waals surface area (Å²) in [4.78, 5) is 23.4. The summed E-state index contributed by atoms with van der Waals surface area (Å²) < 4.78 is 10.2. The highest BCUT2D eigenvalue weighted by atomic mass is 32.1. The van der Waals surface area contributed by atoms with Crippen molar-refractivity contribution in [1.82, 2.24) is 10.2 Å². The van der Waals surface area contributed by atoms with E-state index in [1.807, 2.05) is 16.8 Å². The molecular weight excluding hydrogens is 342 g/mol. The van der Waals surface area contributed by atoms with E-state index in [4.69, 9.17) is 4.42 Å². The molecule has 3 aromatic rings. The number of benzene rings is 1. The van der Waals surface area contributed by atoms with Crippen molar-refractivity contribution in [2.75, 3.05) is 12.4 Å². The van der Waals surface area contributed by atoms with E-state index in [1.165, 1.54) is 7.11 Å². The highest BCUT2D eigenvalue weighted by Crippen LogP contribution is 2.20. The number of anilines is 1. The normalized spacial score (nSPS) is 10.4. The molecule has 0 aliphatic carbocycles. The van der Waals surface area contributed by atoms with Gasteiger partial charge in [-0.1, -0.05) is 0 Å². The number of nitrogens with zero attached hydrogens (tertiary/aromatic N) is 2. The number of nitrogens with one attached hydrogen (secondary N) is 1. The third-order valence-electron chi connectivity index (χ3n) is 3.39. The van der Waals surface area contributed by atoms with Crippen LogP contribution in [0.1, 0.15) is 22.7 Å². The average Bonchev–Trinajstić information content (AvgIpc) is 3.31. The van der Waals surface area contributed by atoms with E-state index in [1.54, 1.807) is 35.6 Å². The summed E-state index contributed by atoms with van der Waals surface area (Å²) in [5, 5.41) is 14.5. The highest BCUT2D eigenvalue weighted by Gasteiger charge is 2.11. The lowest BCUT2D eigenvalue weighted by Gasteiger charge is -2.05. The molecule has 1 N–H and O–H groups in total. The molecule has 0 aliphatic heterocycles. The molecule has 2 heterocycles. The maximum Gasteiger partial charge on any atom is 0.337 e. The van der Waals surface area contributed by atoms with E-state index >= 15 is 0 Å². The van der Waals surface area contributed by atoms with Crippen LogP contribution in [0.25, 0.3) is 11.5 Å². The molecule has 0 spiro atoms. The Labute approximate surface area is 147 Å². The van der Waals surface area contributed by atoms with E-state index in [9.17, 15) is 9.59 Å². The molecule has 0 aliphatic rings. The summed E-state index contributed by atoms with van der Waals surface area (Å²) >= 11 is 1.55. The van der Waals surface area contributed by atoms with Gasteiger partial charge in [0.25, 0.3) is 0 Å². The minimum atomic E-state index is -0.421. The van der Waals surface area contributed by atoms with Gasteiger partial charge in [0.15, 0.2) is 0 Å². The van der Waals surface area contributed by atoms with Crippen LogP contribution in [-0.4, -0.2) is 29.2 Å². The van der Waals surface area contributed by atoms with Gasteiger partial charge < -0.3 is 14.5 Å². The predicted octanol–water partition coefficient (Wildman–Crippen LogP) is 3.16. The topological polar surface area (TPSA) is 94.3 Å². The summed E-state index contributed by atoms with van der Waals surface area (Å²) in [6.07, 6.45) is 0.563. The molecule has 3 rings (SSSR count). The van der Waals surface area contributed by atoms with E-state index in [-0.39, 0.29) is 12.3 Å². The molecule has 8 heteroatoms. The fourth-order valence-electron chi connectivity index (χ4n) is 2.11. The maximum atomic E-state index is 12.0. The monoisotopic (exact) mass is 357 g/mol. The van der Waals surface area contributed by atoms with Crippen LogP contribution in [0.5, 0.6) is 0 Å². The van der Waals surface area contributed by atoms with Gasteiger partial charge in [-0.25, -0.2) is 4.79 Å². The number of thiophene rings is 1. The summed E-state index contributed by atoms with van der Waals surface area (Å²) in [5.41, 5.74) is 1.90. The van der Waals surface area contributed by atoms with Crippen LogP contribution in [0, 0.1) is 0 Å². The summed E-state index contributed by atoms with van der Waals surface area (Å²) in [6, 6.07) is 8.36. The Bertz CT molecular complexity index is 856. The first-order valence-corrected chi connectivity index (χ1v) is 8.43. The average molecular weight is 357 g/mol. The molecule has 1 aromatic carbocycles. The Hall–Kier alpha value is -3.00. The molecular formula is C17H15N3O4S. The van der Waals surface area contributed by atoms with Crippen molar-refractivity contribution in [3.8, 4) is 11.5 Å². The predicted molar refractivity (Wildman–Crippen MR) is 92.3 cm³/mol. The molecule has 128 valence electrons. The van der Waals surface area contributed by atoms with Crippen molar-refractivity contribution in [1.29, 1.82) is 0 Å². The van der Waals surface area contributed by atoms with Crippen LogP contribution in [0.4, 0.5) is 5.69 Å². The number of esters is 1. The fraction of sp³-hybridized carbons (Fsp3) is 0.176. The van der Waals surface area contributed by atoms with Gasteiger partial charge in [0.1, 0.15) is 0 Å². The summed E-state index contributed by atoms with van der Waals surface area (Å²) in [6.45, 7) is 0. The van der Waals surface area contributed by atoms with E-state index in [0.717, 1.165) is 5.56 Å². The minimum absolute atomic E-state index is 0.180. The van der Waals surface area contributed by atoms with Crippen molar-refractivity contribution in [3.05, 3.63) is 52.5 Å². The largest absolute Gasteiger partial charge is 0.465 e. The van der Waals surface area contributed by atoms with Crippen LogP contribution in [-0.2, 0) is 16.0 Å². The number of carbonyl (C=O) groups is 2.